The second kappa shape index (κ2) is 5.21. The predicted molar refractivity (Wildman–Crippen MR) is 70.0 cm³/mol. The topological polar surface area (TPSA) is 85.8 Å². The Bertz CT molecular complexity index is 583. The highest BCUT2D eigenvalue weighted by Crippen LogP contribution is 2.10. The van der Waals surface area contributed by atoms with Gasteiger partial charge in [0, 0.05) is 30.9 Å². The summed E-state index contributed by atoms with van der Waals surface area (Å²) in [5.74, 6) is 0.858. The number of hydrogen-bond acceptors (Lipinski definition) is 6. The van der Waals surface area contributed by atoms with Crippen LogP contribution in [0, 0.1) is 0 Å². The van der Waals surface area contributed by atoms with Crippen LogP contribution >= 0.6 is 0 Å². The molecule has 2 rings (SSSR count). The molecule has 2 heterocycles. The first-order valence-corrected chi connectivity index (χ1v) is 6.06. The second-order valence-electron chi connectivity index (χ2n) is 5.13. The maximum Gasteiger partial charge on any atom is 0.293 e. The first kappa shape index (κ1) is 13.3. The molecule has 2 aromatic heterocycles. The van der Waals surface area contributed by atoms with Crippen LogP contribution in [0.15, 0.2) is 28.0 Å². The molecule has 0 saturated heterocycles. The second-order valence-corrected chi connectivity index (χ2v) is 5.13. The smallest absolute Gasteiger partial charge is 0.293 e. The molecule has 0 unspecified atom stereocenters. The zero-order valence-electron chi connectivity index (χ0n) is 11.3. The summed E-state index contributed by atoms with van der Waals surface area (Å²) in [5, 5.41) is 6.51. The van der Waals surface area contributed by atoms with Crippen molar-refractivity contribution >= 4 is 5.82 Å². The standard InChI is InChI=1S/C12H17N5O2/c1-12(2,3)17-7-6-14-10(11(17)18)13-5-4-9-15-8-16-19-9/h6-8H,4-5H2,1-3H3,(H,13,14). The molecule has 0 amide bonds. The van der Waals surface area contributed by atoms with Crippen molar-refractivity contribution in [1.82, 2.24) is 19.7 Å². The lowest BCUT2D eigenvalue weighted by Crippen LogP contribution is -2.35. The van der Waals surface area contributed by atoms with Crippen molar-refractivity contribution in [3.05, 3.63) is 35.0 Å². The molecule has 0 bridgehead atoms. The number of nitrogens with one attached hydrogen (secondary N) is 1. The molecular weight excluding hydrogens is 246 g/mol. The molecule has 1 N–H and O–H groups in total. The van der Waals surface area contributed by atoms with E-state index in [4.69, 9.17) is 4.52 Å². The van der Waals surface area contributed by atoms with Crippen LogP contribution < -0.4 is 10.9 Å². The van der Waals surface area contributed by atoms with Gasteiger partial charge in [0.2, 0.25) is 5.89 Å². The summed E-state index contributed by atoms with van der Waals surface area (Å²) in [6.45, 7) is 6.42. The fourth-order valence-electron chi connectivity index (χ4n) is 1.66. The van der Waals surface area contributed by atoms with E-state index in [9.17, 15) is 4.79 Å². The molecule has 0 spiro atoms. The molecule has 0 atom stereocenters. The zero-order chi connectivity index (χ0) is 13.9. The lowest BCUT2D eigenvalue weighted by molar-refractivity contribution is 0.378. The van der Waals surface area contributed by atoms with Crippen LogP contribution in [0.2, 0.25) is 0 Å². The van der Waals surface area contributed by atoms with Crippen molar-refractivity contribution in [3.63, 3.8) is 0 Å². The Morgan fingerprint density at radius 3 is 2.79 bits per heavy atom. The van der Waals surface area contributed by atoms with Crippen molar-refractivity contribution in [2.24, 2.45) is 0 Å². The minimum atomic E-state index is -0.275. The summed E-state index contributed by atoms with van der Waals surface area (Å²) < 4.78 is 6.52. The zero-order valence-corrected chi connectivity index (χ0v) is 11.3. The lowest BCUT2D eigenvalue weighted by Gasteiger charge is -2.22. The normalized spacial score (nSPS) is 11.5. The van der Waals surface area contributed by atoms with E-state index in [0.717, 1.165) is 0 Å². The monoisotopic (exact) mass is 263 g/mol. The molecule has 0 aliphatic carbocycles. The molecule has 102 valence electrons. The molecule has 0 aliphatic heterocycles. The van der Waals surface area contributed by atoms with E-state index < -0.39 is 0 Å². The van der Waals surface area contributed by atoms with Gasteiger partial charge in [-0.2, -0.15) is 4.98 Å². The van der Waals surface area contributed by atoms with Gasteiger partial charge in [-0.15, -0.1) is 0 Å². The van der Waals surface area contributed by atoms with Crippen LogP contribution in [0.3, 0.4) is 0 Å². The van der Waals surface area contributed by atoms with Gasteiger partial charge in [0.25, 0.3) is 5.56 Å². The van der Waals surface area contributed by atoms with Gasteiger partial charge in [-0.05, 0) is 20.8 Å². The highest BCUT2D eigenvalue weighted by molar-refractivity contribution is 5.31. The largest absolute Gasteiger partial charge is 0.365 e. The fourth-order valence-corrected chi connectivity index (χ4v) is 1.66. The van der Waals surface area contributed by atoms with E-state index in [1.807, 2.05) is 20.8 Å². The third-order valence-electron chi connectivity index (χ3n) is 2.60. The minimum absolute atomic E-state index is 0.138. The van der Waals surface area contributed by atoms with Crippen LogP contribution in [-0.2, 0) is 12.0 Å². The molecule has 0 saturated carbocycles. The highest BCUT2D eigenvalue weighted by Gasteiger charge is 2.16. The van der Waals surface area contributed by atoms with Gasteiger partial charge >= 0.3 is 0 Å². The third-order valence-corrected chi connectivity index (χ3v) is 2.60. The summed E-state index contributed by atoms with van der Waals surface area (Å²) >= 11 is 0. The third kappa shape index (κ3) is 3.18. The maximum atomic E-state index is 12.2. The molecule has 7 nitrogen and oxygen atoms in total. The van der Waals surface area contributed by atoms with E-state index in [1.54, 1.807) is 17.0 Å². The Labute approximate surface area is 110 Å². The molecule has 7 heteroatoms. The summed E-state index contributed by atoms with van der Waals surface area (Å²) in [5.41, 5.74) is -0.413. The fraction of sp³-hybridized carbons (Fsp3) is 0.500. The van der Waals surface area contributed by atoms with Crippen LogP contribution in [0.4, 0.5) is 5.82 Å². The van der Waals surface area contributed by atoms with Gasteiger partial charge in [-0.25, -0.2) is 4.98 Å². The van der Waals surface area contributed by atoms with E-state index in [2.05, 4.69) is 20.4 Å². The SMILES string of the molecule is CC(C)(C)n1ccnc(NCCc2ncno2)c1=O. The average Bonchev–Trinajstić information content (AvgIpc) is 2.83. The Balaban J connectivity index is 2.07. The molecule has 0 fully saturated rings. The van der Waals surface area contributed by atoms with Gasteiger partial charge in [0.1, 0.15) is 0 Å². The van der Waals surface area contributed by atoms with Gasteiger partial charge < -0.3 is 14.4 Å². The Kier molecular flexibility index (Phi) is 3.64. The van der Waals surface area contributed by atoms with Crippen molar-refractivity contribution in [2.45, 2.75) is 32.7 Å². The first-order chi connectivity index (χ1) is 8.98. The first-order valence-electron chi connectivity index (χ1n) is 6.06. The number of anilines is 1. The van der Waals surface area contributed by atoms with Crippen molar-refractivity contribution in [1.29, 1.82) is 0 Å². The summed E-state index contributed by atoms with van der Waals surface area (Å²) in [7, 11) is 0. The van der Waals surface area contributed by atoms with Gasteiger partial charge in [0.15, 0.2) is 12.1 Å². The van der Waals surface area contributed by atoms with Gasteiger partial charge in [-0.3, -0.25) is 4.79 Å². The van der Waals surface area contributed by atoms with E-state index in [-0.39, 0.29) is 11.1 Å². The van der Waals surface area contributed by atoms with Crippen molar-refractivity contribution in [2.75, 3.05) is 11.9 Å². The van der Waals surface area contributed by atoms with Crippen LogP contribution in [0.1, 0.15) is 26.7 Å². The highest BCUT2D eigenvalue weighted by atomic mass is 16.5. The molecule has 0 aliphatic rings. The van der Waals surface area contributed by atoms with Crippen LogP contribution in [0.25, 0.3) is 0 Å². The van der Waals surface area contributed by atoms with E-state index >= 15 is 0 Å². The maximum absolute atomic E-state index is 12.2. The van der Waals surface area contributed by atoms with E-state index in [1.165, 1.54) is 6.33 Å². The Morgan fingerprint density at radius 2 is 2.16 bits per heavy atom. The molecule has 0 radical (unpaired) electrons. The Hall–Kier alpha value is -2.18. The van der Waals surface area contributed by atoms with E-state index in [0.29, 0.717) is 24.7 Å². The molecule has 2 aromatic rings. The van der Waals surface area contributed by atoms with Gasteiger partial charge in [0.05, 0.1) is 0 Å². The molecule has 0 aromatic carbocycles. The quantitative estimate of drug-likeness (QED) is 0.886. The average molecular weight is 263 g/mol. The minimum Gasteiger partial charge on any atom is -0.365 e. The van der Waals surface area contributed by atoms with Crippen LogP contribution in [0.5, 0.6) is 0 Å². The predicted octanol–water partition coefficient (Wildman–Crippen LogP) is 1.04. The summed E-state index contributed by atoms with van der Waals surface area (Å²) in [6.07, 6.45) is 5.20. The number of rotatable bonds is 4. The number of hydrogen-bond donors (Lipinski definition) is 1. The molecule has 19 heavy (non-hydrogen) atoms. The lowest BCUT2D eigenvalue weighted by atomic mass is 10.1. The Morgan fingerprint density at radius 1 is 1.37 bits per heavy atom. The number of aromatic nitrogens is 4. The molecular formula is C12H17N5O2. The summed E-state index contributed by atoms with van der Waals surface area (Å²) in [6, 6.07) is 0. The van der Waals surface area contributed by atoms with Crippen molar-refractivity contribution in [3.8, 4) is 0 Å². The van der Waals surface area contributed by atoms with Crippen LogP contribution in [-0.4, -0.2) is 26.2 Å². The number of nitrogens with zero attached hydrogens (tertiary/aromatic N) is 4. The van der Waals surface area contributed by atoms with Gasteiger partial charge in [-0.1, -0.05) is 5.16 Å². The van der Waals surface area contributed by atoms with Crippen molar-refractivity contribution < 1.29 is 4.52 Å². The summed E-state index contributed by atoms with van der Waals surface area (Å²) in [4.78, 5) is 20.2.